The molecule has 0 heterocycles. The minimum Gasteiger partial charge on any atom is -0.396 e. The van der Waals surface area contributed by atoms with Crippen LogP contribution in [0, 0.1) is 5.92 Å². The minimum atomic E-state index is 0.278. The Labute approximate surface area is 82.7 Å². The Balaban J connectivity index is 3.95. The summed E-state index contributed by atoms with van der Waals surface area (Å²) in [5.74, 6) is 0.365. The molecule has 0 aromatic heterocycles. The summed E-state index contributed by atoms with van der Waals surface area (Å²) in [5, 5.41) is 12.5. The van der Waals surface area contributed by atoms with Crippen molar-refractivity contribution >= 4 is 0 Å². The summed E-state index contributed by atoms with van der Waals surface area (Å²) in [7, 11) is 0. The molecular formula is C11H25NO. The standard InChI is InChI=1S/C11H25NO/c1-5-11(6-2,7-3)12-8-10(4)9-13/h10,12-13H,5-9H2,1-4H3. The molecule has 0 saturated heterocycles. The topological polar surface area (TPSA) is 32.3 Å². The summed E-state index contributed by atoms with van der Waals surface area (Å²) in [6.07, 6.45) is 3.49. The lowest BCUT2D eigenvalue weighted by atomic mass is 9.89. The first-order chi connectivity index (χ1) is 6.14. The molecule has 0 aliphatic heterocycles. The van der Waals surface area contributed by atoms with E-state index in [-0.39, 0.29) is 6.61 Å². The largest absolute Gasteiger partial charge is 0.396 e. The van der Waals surface area contributed by atoms with Crippen LogP contribution in [0.25, 0.3) is 0 Å². The van der Waals surface area contributed by atoms with Crippen LogP contribution >= 0.6 is 0 Å². The highest BCUT2D eigenvalue weighted by Gasteiger charge is 2.22. The van der Waals surface area contributed by atoms with Gasteiger partial charge in [0.15, 0.2) is 0 Å². The van der Waals surface area contributed by atoms with Crippen LogP contribution in [-0.2, 0) is 0 Å². The van der Waals surface area contributed by atoms with Crippen molar-refractivity contribution in [2.45, 2.75) is 52.5 Å². The Morgan fingerprint density at radius 2 is 1.62 bits per heavy atom. The van der Waals surface area contributed by atoms with E-state index >= 15 is 0 Å². The predicted octanol–water partition coefficient (Wildman–Crippen LogP) is 2.17. The van der Waals surface area contributed by atoms with E-state index in [1.807, 2.05) is 0 Å². The molecule has 0 amide bonds. The zero-order valence-electron chi connectivity index (χ0n) is 9.56. The molecule has 0 fully saturated rings. The molecule has 0 saturated carbocycles. The molecule has 2 nitrogen and oxygen atoms in total. The van der Waals surface area contributed by atoms with E-state index in [1.165, 1.54) is 0 Å². The second-order valence-corrected chi connectivity index (χ2v) is 4.01. The van der Waals surface area contributed by atoms with E-state index in [0.717, 1.165) is 25.8 Å². The first-order valence-corrected chi connectivity index (χ1v) is 5.50. The molecule has 0 aliphatic rings. The molecule has 0 bridgehead atoms. The predicted molar refractivity (Wildman–Crippen MR) is 57.9 cm³/mol. The van der Waals surface area contributed by atoms with Crippen molar-refractivity contribution in [3.05, 3.63) is 0 Å². The average molecular weight is 187 g/mol. The Kier molecular flexibility index (Phi) is 6.35. The van der Waals surface area contributed by atoms with Crippen LogP contribution in [0.5, 0.6) is 0 Å². The normalized spacial score (nSPS) is 14.5. The summed E-state index contributed by atoms with van der Waals surface area (Å²) < 4.78 is 0. The Morgan fingerprint density at radius 3 is 1.92 bits per heavy atom. The Bertz CT molecular complexity index is 113. The van der Waals surface area contributed by atoms with Crippen molar-refractivity contribution in [3.8, 4) is 0 Å². The van der Waals surface area contributed by atoms with Gasteiger partial charge in [0.05, 0.1) is 0 Å². The number of nitrogens with one attached hydrogen (secondary N) is 1. The van der Waals surface area contributed by atoms with Gasteiger partial charge in [0.1, 0.15) is 0 Å². The summed E-state index contributed by atoms with van der Waals surface area (Å²) in [4.78, 5) is 0. The van der Waals surface area contributed by atoms with Crippen molar-refractivity contribution in [2.24, 2.45) is 5.92 Å². The zero-order valence-corrected chi connectivity index (χ0v) is 9.56. The third-order valence-corrected chi connectivity index (χ3v) is 3.17. The molecular weight excluding hydrogens is 162 g/mol. The highest BCUT2D eigenvalue weighted by atomic mass is 16.3. The van der Waals surface area contributed by atoms with Gasteiger partial charge in [-0.25, -0.2) is 0 Å². The third kappa shape index (κ3) is 4.10. The maximum absolute atomic E-state index is 8.91. The maximum Gasteiger partial charge on any atom is 0.0468 e. The number of aliphatic hydroxyl groups is 1. The van der Waals surface area contributed by atoms with Gasteiger partial charge in [-0.2, -0.15) is 0 Å². The van der Waals surface area contributed by atoms with E-state index in [0.29, 0.717) is 11.5 Å². The highest BCUT2D eigenvalue weighted by molar-refractivity contribution is 4.84. The minimum absolute atomic E-state index is 0.278. The van der Waals surface area contributed by atoms with E-state index in [4.69, 9.17) is 5.11 Å². The monoisotopic (exact) mass is 187 g/mol. The lowest BCUT2D eigenvalue weighted by molar-refractivity contribution is 0.207. The van der Waals surface area contributed by atoms with Gasteiger partial charge < -0.3 is 10.4 Å². The van der Waals surface area contributed by atoms with Gasteiger partial charge >= 0.3 is 0 Å². The van der Waals surface area contributed by atoms with Crippen molar-refractivity contribution in [2.75, 3.05) is 13.2 Å². The molecule has 2 N–H and O–H groups in total. The summed E-state index contributed by atoms with van der Waals surface area (Å²) >= 11 is 0. The second-order valence-electron chi connectivity index (χ2n) is 4.01. The molecule has 0 radical (unpaired) electrons. The second kappa shape index (κ2) is 6.39. The average Bonchev–Trinajstić information content (AvgIpc) is 2.20. The molecule has 1 atom stereocenters. The smallest absolute Gasteiger partial charge is 0.0468 e. The van der Waals surface area contributed by atoms with E-state index < -0.39 is 0 Å². The van der Waals surface area contributed by atoms with Gasteiger partial charge in [0.25, 0.3) is 0 Å². The van der Waals surface area contributed by atoms with E-state index in [9.17, 15) is 0 Å². The van der Waals surface area contributed by atoms with Crippen molar-refractivity contribution < 1.29 is 5.11 Å². The van der Waals surface area contributed by atoms with Crippen molar-refractivity contribution in [1.82, 2.24) is 5.32 Å². The fourth-order valence-corrected chi connectivity index (χ4v) is 1.58. The van der Waals surface area contributed by atoms with Crippen LogP contribution < -0.4 is 5.32 Å². The third-order valence-electron chi connectivity index (χ3n) is 3.17. The number of rotatable bonds is 7. The van der Waals surface area contributed by atoms with Crippen LogP contribution in [0.3, 0.4) is 0 Å². The van der Waals surface area contributed by atoms with Gasteiger partial charge in [-0.15, -0.1) is 0 Å². The number of hydrogen-bond donors (Lipinski definition) is 2. The van der Waals surface area contributed by atoms with Gasteiger partial charge in [-0.05, 0) is 25.2 Å². The quantitative estimate of drug-likeness (QED) is 0.640. The molecule has 2 heteroatoms. The van der Waals surface area contributed by atoms with Crippen LogP contribution in [0.15, 0.2) is 0 Å². The number of hydrogen-bond acceptors (Lipinski definition) is 2. The maximum atomic E-state index is 8.91. The fraction of sp³-hybridized carbons (Fsp3) is 1.00. The molecule has 0 aromatic carbocycles. The zero-order chi connectivity index (χ0) is 10.3. The molecule has 0 spiro atoms. The van der Waals surface area contributed by atoms with Gasteiger partial charge in [0.2, 0.25) is 0 Å². The molecule has 0 aliphatic carbocycles. The Morgan fingerprint density at radius 1 is 1.15 bits per heavy atom. The van der Waals surface area contributed by atoms with Crippen LogP contribution in [0.1, 0.15) is 47.0 Å². The van der Waals surface area contributed by atoms with Gasteiger partial charge in [0, 0.05) is 18.7 Å². The first-order valence-electron chi connectivity index (χ1n) is 5.50. The van der Waals surface area contributed by atoms with Gasteiger partial charge in [-0.1, -0.05) is 27.7 Å². The SMILES string of the molecule is CCC(CC)(CC)NCC(C)CO. The lowest BCUT2D eigenvalue weighted by Gasteiger charge is -2.33. The lowest BCUT2D eigenvalue weighted by Crippen LogP contribution is -2.45. The molecule has 0 rings (SSSR count). The van der Waals surface area contributed by atoms with Crippen LogP contribution in [-0.4, -0.2) is 23.8 Å². The fourth-order valence-electron chi connectivity index (χ4n) is 1.58. The number of aliphatic hydroxyl groups excluding tert-OH is 1. The van der Waals surface area contributed by atoms with Gasteiger partial charge in [-0.3, -0.25) is 0 Å². The highest BCUT2D eigenvalue weighted by Crippen LogP contribution is 2.19. The van der Waals surface area contributed by atoms with Crippen molar-refractivity contribution in [3.63, 3.8) is 0 Å². The summed E-state index contributed by atoms with van der Waals surface area (Å²) in [5.41, 5.74) is 0.295. The molecule has 13 heavy (non-hydrogen) atoms. The van der Waals surface area contributed by atoms with E-state index in [1.54, 1.807) is 0 Å². The van der Waals surface area contributed by atoms with E-state index in [2.05, 4.69) is 33.0 Å². The molecule has 80 valence electrons. The molecule has 1 unspecified atom stereocenters. The molecule has 0 aromatic rings. The first kappa shape index (κ1) is 12.9. The van der Waals surface area contributed by atoms with Crippen LogP contribution in [0.4, 0.5) is 0 Å². The summed E-state index contributed by atoms with van der Waals surface area (Å²) in [6, 6.07) is 0. The van der Waals surface area contributed by atoms with Crippen LogP contribution in [0.2, 0.25) is 0 Å². The summed E-state index contributed by atoms with van der Waals surface area (Å²) in [6.45, 7) is 9.95. The Hall–Kier alpha value is -0.0800. The van der Waals surface area contributed by atoms with Crippen molar-refractivity contribution in [1.29, 1.82) is 0 Å².